The molecule has 0 atom stereocenters. The summed E-state index contributed by atoms with van der Waals surface area (Å²) in [7, 11) is 0. The Bertz CT molecular complexity index is 1160. The van der Waals surface area contributed by atoms with Crippen molar-refractivity contribution < 1.29 is 31.8 Å². The summed E-state index contributed by atoms with van der Waals surface area (Å²) in [6.07, 6.45) is 0. The number of rotatable bonds is 6. The van der Waals surface area contributed by atoms with E-state index in [1.165, 1.54) is 0 Å². The number of hydrogen-bond donors (Lipinski definition) is 2. The van der Waals surface area contributed by atoms with Gasteiger partial charge in [0.1, 0.15) is 23.8 Å². The normalized spacial score (nSPS) is 11.0. The first-order valence-electron chi connectivity index (χ1n) is 9.78. The van der Waals surface area contributed by atoms with Gasteiger partial charge in [0.05, 0.1) is 0 Å². The van der Waals surface area contributed by atoms with E-state index in [1.54, 1.807) is 32.9 Å². The van der Waals surface area contributed by atoms with Gasteiger partial charge in [0.2, 0.25) is 5.82 Å². The van der Waals surface area contributed by atoms with Crippen molar-refractivity contribution in [3.8, 4) is 11.5 Å². The fraction of sp³-hybridized carbons (Fsp3) is 0.250. The molecular weight excluding hydrogens is 429 g/mol. The fourth-order valence-corrected chi connectivity index (χ4v) is 3.63. The van der Waals surface area contributed by atoms with Crippen LogP contribution in [0.25, 0.3) is 0 Å². The van der Waals surface area contributed by atoms with Gasteiger partial charge >= 0.3 is 0 Å². The summed E-state index contributed by atoms with van der Waals surface area (Å²) in [6, 6.07) is 7.12. The van der Waals surface area contributed by atoms with Crippen molar-refractivity contribution in [1.82, 2.24) is 0 Å². The van der Waals surface area contributed by atoms with E-state index in [0.29, 0.717) is 28.0 Å². The molecule has 0 aliphatic rings. The Kier molecular flexibility index (Phi) is 6.62. The number of benzene rings is 3. The average molecular weight is 451 g/mol. The van der Waals surface area contributed by atoms with E-state index in [2.05, 4.69) is 5.32 Å². The molecule has 0 radical (unpaired) electrons. The summed E-state index contributed by atoms with van der Waals surface area (Å²) in [4.78, 5) is 0. The zero-order valence-electron chi connectivity index (χ0n) is 18.0. The Morgan fingerprint density at radius 1 is 0.719 bits per heavy atom. The number of phenols is 1. The van der Waals surface area contributed by atoms with Gasteiger partial charge in [0.25, 0.3) is 0 Å². The molecule has 170 valence electrons. The second kappa shape index (κ2) is 9.06. The summed E-state index contributed by atoms with van der Waals surface area (Å²) in [5.41, 5.74) is 3.06. The van der Waals surface area contributed by atoms with Gasteiger partial charge in [-0.15, -0.1) is 0 Å². The van der Waals surface area contributed by atoms with E-state index in [4.69, 9.17) is 4.74 Å². The van der Waals surface area contributed by atoms with Crippen LogP contribution in [-0.4, -0.2) is 5.11 Å². The number of phenolic OH excluding ortho intramolecular Hbond substituents is 1. The standard InChI is InChI=1S/C24H22F5NO2/c1-11-5-13(3)23(31)16(8-11)10-32-24-14(4)6-12(2)7-15(24)9-30-22-20(28)18(26)17(25)19(27)21(22)29/h5-8,30-31H,9-10H2,1-4H3. The Balaban J connectivity index is 1.91. The highest BCUT2D eigenvalue weighted by molar-refractivity contribution is 5.51. The van der Waals surface area contributed by atoms with Crippen molar-refractivity contribution in [1.29, 1.82) is 0 Å². The van der Waals surface area contributed by atoms with Crippen LogP contribution in [0.15, 0.2) is 24.3 Å². The number of nitrogens with one attached hydrogen (secondary N) is 1. The number of aromatic hydroxyl groups is 1. The second-order valence-electron chi connectivity index (χ2n) is 7.75. The Morgan fingerprint density at radius 3 is 1.81 bits per heavy atom. The molecule has 0 saturated heterocycles. The molecule has 3 aromatic carbocycles. The molecule has 0 fully saturated rings. The number of hydrogen-bond acceptors (Lipinski definition) is 3. The van der Waals surface area contributed by atoms with Crippen LogP contribution in [-0.2, 0) is 13.2 Å². The first-order valence-corrected chi connectivity index (χ1v) is 9.78. The van der Waals surface area contributed by atoms with Crippen LogP contribution in [0.5, 0.6) is 11.5 Å². The molecule has 32 heavy (non-hydrogen) atoms. The van der Waals surface area contributed by atoms with Crippen LogP contribution in [0.2, 0.25) is 0 Å². The third-order valence-electron chi connectivity index (χ3n) is 5.06. The number of ether oxygens (including phenoxy) is 1. The Labute approximate surface area is 182 Å². The zero-order chi connectivity index (χ0) is 23.7. The molecule has 8 heteroatoms. The highest BCUT2D eigenvalue weighted by Gasteiger charge is 2.26. The van der Waals surface area contributed by atoms with E-state index >= 15 is 0 Å². The monoisotopic (exact) mass is 451 g/mol. The molecule has 3 nitrogen and oxygen atoms in total. The van der Waals surface area contributed by atoms with Gasteiger partial charge in [-0.05, 0) is 44.9 Å². The lowest BCUT2D eigenvalue weighted by atomic mass is 10.0. The van der Waals surface area contributed by atoms with Crippen molar-refractivity contribution in [3.63, 3.8) is 0 Å². The molecule has 0 aliphatic heterocycles. The smallest absolute Gasteiger partial charge is 0.200 e. The van der Waals surface area contributed by atoms with Crippen molar-refractivity contribution in [2.75, 3.05) is 5.32 Å². The van der Waals surface area contributed by atoms with Crippen molar-refractivity contribution in [3.05, 3.63) is 86.7 Å². The molecule has 0 amide bonds. The van der Waals surface area contributed by atoms with Gasteiger partial charge in [-0.1, -0.05) is 29.3 Å². The quantitative estimate of drug-likeness (QED) is 0.255. The van der Waals surface area contributed by atoms with Gasteiger partial charge in [0, 0.05) is 17.7 Å². The predicted octanol–water partition coefficient (Wildman–Crippen LogP) is 6.51. The summed E-state index contributed by atoms with van der Waals surface area (Å²) in [5, 5.41) is 12.6. The summed E-state index contributed by atoms with van der Waals surface area (Å²) in [6.45, 7) is 6.98. The molecule has 0 aromatic heterocycles. The molecule has 0 bridgehead atoms. The van der Waals surface area contributed by atoms with Crippen LogP contribution in [0.1, 0.15) is 33.4 Å². The summed E-state index contributed by atoms with van der Waals surface area (Å²) in [5.74, 6) is -9.65. The topological polar surface area (TPSA) is 41.5 Å². The maximum Gasteiger partial charge on any atom is 0.200 e. The second-order valence-corrected chi connectivity index (χ2v) is 7.75. The molecule has 0 heterocycles. The largest absolute Gasteiger partial charge is 0.507 e. The summed E-state index contributed by atoms with van der Waals surface area (Å²) >= 11 is 0. The zero-order valence-corrected chi connectivity index (χ0v) is 18.0. The predicted molar refractivity (Wildman–Crippen MR) is 111 cm³/mol. The number of anilines is 1. The third kappa shape index (κ3) is 4.49. The van der Waals surface area contributed by atoms with Crippen LogP contribution in [0, 0.1) is 56.8 Å². The van der Waals surface area contributed by atoms with E-state index < -0.39 is 34.8 Å². The Hall–Kier alpha value is -3.29. The SMILES string of the molecule is Cc1cc(C)c(O)c(COc2c(C)cc(C)cc2CNc2c(F)c(F)c(F)c(F)c2F)c1. The van der Waals surface area contributed by atoms with E-state index in [-0.39, 0.29) is 18.9 Å². The first kappa shape index (κ1) is 23.4. The van der Waals surface area contributed by atoms with Gasteiger partial charge in [-0.25, -0.2) is 22.0 Å². The van der Waals surface area contributed by atoms with Gasteiger partial charge in [0.15, 0.2) is 23.3 Å². The number of halogens is 5. The highest BCUT2D eigenvalue weighted by atomic mass is 19.2. The molecule has 0 saturated carbocycles. The molecule has 3 aromatic rings. The van der Waals surface area contributed by atoms with Crippen LogP contribution in [0.3, 0.4) is 0 Å². The molecule has 0 aliphatic carbocycles. The highest BCUT2D eigenvalue weighted by Crippen LogP contribution is 2.32. The lowest BCUT2D eigenvalue weighted by Gasteiger charge is -2.18. The number of aryl methyl sites for hydroxylation is 4. The molecule has 3 rings (SSSR count). The van der Waals surface area contributed by atoms with E-state index in [0.717, 1.165) is 11.1 Å². The van der Waals surface area contributed by atoms with Gasteiger partial charge in [-0.3, -0.25) is 0 Å². The molecular formula is C24H22F5NO2. The van der Waals surface area contributed by atoms with Crippen molar-refractivity contribution in [2.24, 2.45) is 0 Å². The lowest BCUT2D eigenvalue weighted by molar-refractivity contribution is 0.294. The van der Waals surface area contributed by atoms with E-state index in [9.17, 15) is 27.1 Å². The first-order chi connectivity index (χ1) is 15.0. The lowest BCUT2D eigenvalue weighted by Crippen LogP contribution is -2.11. The maximum atomic E-state index is 14.0. The Morgan fingerprint density at radius 2 is 1.22 bits per heavy atom. The van der Waals surface area contributed by atoms with E-state index in [1.807, 2.05) is 19.1 Å². The average Bonchev–Trinajstić information content (AvgIpc) is 2.73. The minimum Gasteiger partial charge on any atom is -0.507 e. The van der Waals surface area contributed by atoms with Gasteiger partial charge < -0.3 is 15.2 Å². The third-order valence-corrected chi connectivity index (χ3v) is 5.06. The van der Waals surface area contributed by atoms with Crippen molar-refractivity contribution >= 4 is 5.69 Å². The minimum absolute atomic E-state index is 0.0216. The van der Waals surface area contributed by atoms with Crippen LogP contribution < -0.4 is 10.1 Å². The maximum absolute atomic E-state index is 14.0. The molecule has 0 unspecified atom stereocenters. The fourth-order valence-electron chi connectivity index (χ4n) is 3.63. The van der Waals surface area contributed by atoms with Gasteiger partial charge in [-0.2, -0.15) is 0 Å². The van der Waals surface area contributed by atoms with Crippen LogP contribution >= 0.6 is 0 Å². The molecule has 0 spiro atoms. The minimum atomic E-state index is -2.21. The van der Waals surface area contributed by atoms with Crippen LogP contribution in [0.4, 0.5) is 27.6 Å². The summed E-state index contributed by atoms with van der Waals surface area (Å²) < 4.78 is 74.2. The molecule has 2 N–H and O–H groups in total. The van der Waals surface area contributed by atoms with Crippen molar-refractivity contribution in [2.45, 2.75) is 40.8 Å².